The zero-order chi connectivity index (χ0) is 21.8. The Labute approximate surface area is 193 Å². The molecule has 0 saturated carbocycles. The number of amides is 1. The predicted molar refractivity (Wildman–Crippen MR) is 128 cm³/mol. The van der Waals surface area contributed by atoms with Crippen LogP contribution >= 0.6 is 34.7 Å². The lowest BCUT2D eigenvalue weighted by Gasteiger charge is -2.17. The quantitative estimate of drug-likeness (QED) is 0.285. The maximum Gasteiger partial charge on any atom is 0.262 e. The summed E-state index contributed by atoms with van der Waals surface area (Å²) in [5.74, 6) is 0.167. The van der Waals surface area contributed by atoms with Crippen molar-refractivity contribution in [3.05, 3.63) is 91.9 Å². The molecule has 0 radical (unpaired) electrons. The minimum Gasteiger partial charge on any atom is -0.340 e. The molecule has 0 bridgehead atoms. The van der Waals surface area contributed by atoms with Crippen molar-refractivity contribution in [1.29, 1.82) is 0 Å². The molecule has 2 aromatic carbocycles. The van der Waals surface area contributed by atoms with E-state index in [1.807, 2.05) is 53.9 Å². The van der Waals surface area contributed by atoms with Gasteiger partial charge in [0.2, 0.25) is 5.91 Å². The summed E-state index contributed by atoms with van der Waals surface area (Å²) in [6.07, 6.45) is 0. The minimum absolute atomic E-state index is 0.0231. The van der Waals surface area contributed by atoms with Crippen LogP contribution in [-0.4, -0.2) is 33.2 Å². The van der Waals surface area contributed by atoms with Gasteiger partial charge in [0.25, 0.3) is 5.56 Å². The zero-order valence-electron chi connectivity index (χ0n) is 16.8. The Kier molecular flexibility index (Phi) is 6.75. The standard InChI is InChI=1S/C23H20ClN3O2S2/c1-26(14-17-8-6-12-30-17)21(28)15-31-23-25-20-11-5-3-9-18(20)22(29)27(23)13-16-7-2-4-10-19(16)24/h2-12H,13-15H2,1H3. The Morgan fingerprint density at radius 2 is 1.90 bits per heavy atom. The number of carbonyl (C=O) groups is 1. The van der Waals surface area contributed by atoms with Crippen LogP contribution in [-0.2, 0) is 17.9 Å². The number of nitrogens with zero attached hydrogens (tertiary/aromatic N) is 3. The molecule has 8 heteroatoms. The lowest BCUT2D eigenvalue weighted by Crippen LogP contribution is -2.28. The molecule has 0 fully saturated rings. The first kappa shape index (κ1) is 21.6. The molecule has 0 aliphatic carbocycles. The normalized spacial score (nSPS) is 11.0. The summed E-state index contributed by atoms with van der Waals surface area (Å²) >= 11 is 9.22. The van der Waals surface area contributed by atoms with Crippen LogP contribution in [0.2, 0.25) is 5.02 Å². The van der Waals surface area contributed by atoms with Gasteiger partial charge in [0.05, 0.1) is 29.7 Å². The fourth-order valence-corrected chi connectivity index (χ4v) is 5.05. The number of para-hydroxylation sites is 1. The Bertz CT molecular complexity index is 1270. The number of thioether (sulfide) groups is 1. The van der Waals surface area contributed by atoms with E-state index >= 15 is 0 Å². The molecular weight excluding hydrogens is 450 g/mol. The van der Waals surface area contributed by atoms with Crippen LogP contribution in [0.5, 0.6) is 0 Å². The summed E-state index contributed by atoms with van der Waals surface area (Å²) < 4.78 is 1.60. The first-order valence-electron chi connectivity index (χ1n) is 9.65. The largest absolute Gasteiger partial charge is 0.340 e. The summed E-state index contributed by atoms with van der Waals surface area (Å²) in [7, 11) is 1.78. The van der Waals surface area contributed by atoms with Gasteiger partial charge < -0.3 is 4.90 Å². The third-order valence-electron chi connectivity index (χ3n) is 4.84. The molecule has 0 N–H and O–H groups in total. The number of benzene rings is 2. The fourth-order valence-electron chi connectivity index (χ4n) is 3.16. The van der Waals surface area contributed by atoms with Gasteiger partial charge >= 0.3 is 0 Å². The molecular formula is C23H20ClN3O2S2. The number of hydrogen-bond acceptors (Lipinski definition) is 5. The van der Waals surface area contributed by atoms with Gasteiger partial charge in [-0.1, -0.05) is 59.8 Å². The van der Waals surface area contributed by atoms with E-state index in [0.29, 0.717) is 27.6 Å². The summed E-state index contributed by atoms with van der Waals surface area (Å²) in [5.41, 5.74) is 1.29. The molecule has 0 spiro atoms. The fraction of sp³-hybridized carbons (Fsp3) is 0.174. The minimum atomic E-state index is -0.146. The molecule has 158 valence electrons. The highest BCUT2D eigenvalue weighted by Crippen LogP contribution is 2.22. The van der Waals surface area contributed by atoms with Crippen molar-refractivity contribution in [3.63, 3.8) is 0 Å². The van der Waals surface area contributed by atoms with E-state index in [4.69, 9.17) is 11.6 Å². The average molecular weight is 470 g/mol. The lowest BCUT2D eigenvalue weighted by atomic mass is 10.2. The van der Waals surface area contributed by atoms with E-state index in [2.05, 4.69) is 4.98 Å². The van der Waals surface area contributed by atoms with Gasteiger partial charge in [0, 0.05) is 16.9 Å². The molecule has 2 aromatic heterocycles. The molecule has 5 nitrogen and oxygen atoms in total. The number of thiophene rings is 1. The molecule has 0 aliphatic rings. The van der Waals surface area contributed by atoms with Gasteiger partial charge in [-0.05, 0) is 35.2 Å². The third kappa shape index (κ3) is 5.01. The second-order valence-corrected chi connectivity index (χ2v) is 9.39. The van der Waals surface area contributed by atoms with Crippen LogP contribution in [0.3, 0.4) is 0 Å². The lowest BCUT2D eigenvalue weighted by molar-refractivity contribution is -0.127. The van der Waals surface area contributed by atoms with Gasteiger partial charge in [-0.15, -0.1) is 11.3 Å². The number of hydrogen-bond donors (Lipinski definition) is 0. The van der Waals surface area contributed by atoms with E-state index in [1.54, 1.807) is 40.0 Å². The van der Waals surface area contributed by atoms with Crippen molar-refractivity contribution in [2.75, 3.05) is 12.8 Å². The van der Waals surface area contributed by atoms with Crippen LogP contribution in [0.25, 0.3) is 10.9 Å². The van der Waals surface area contributed by atoms with Crippen molar-refractivity contribution in [2.45, 2.75) is 18.2 Å². The van der Waals surface area contributed by atoms with E-state index in [1.165, 1.54) is 11.8 Å². The van der Waals surface area contributed by atoms with Crippen LogP contribution in [0.4, 0.5) is 0 Å². The molecule has 0 saturated heterocycles. The molecule has 0 atom stereocenters. The molecule has 0 unspecified atom stereocenters. The van der Waals surface area contributed by atoms with Crippen LogP contribution in [0.15, 0.2) is 76.0 Å². The summed E-state index contributed by atoms with van der Waals surface area (Å²) in [6, 6.07) is 18.6. The second kappa shape index (κ2) is 9.68. The number of rotatable bonds is 7. The van der Waals surface area contributed by atoms with Gasteiger partial charge in [-0.25, -0.2) is 4.98 Å². The molecule has 4 rings (SSSR count). The number of carbonyl (C=O) groups excluding carboxylic acids is 1. The molecule has 2 heterocycles. The van der Waals surface area contributed by atoms with Crippen molar-refractivity contribution in [2.24, 2.45) is 0 Å². The van der Waals surface area contributed by atoms with Crippen LogP contribution in [0, 0.1) is 0 Å². The van der Waals surface area contributed by atoms with Gasteiger partial charge in [-0.2, -0.15) is 0 Å². The van der Waals surface area contributed by atoms with Gasteiger partial charge in [0.15, 0.2) is 5.16 Å². The first-order chi connectivity index (χ1) is 15.0. The number of aromatic nitrogens is 2. The maximum absolute atomic E-state index is 13.2. The second-order valence-electron chi connectivity index (χ2n) is 7.01. The van der Waals surface area contributed by atoms with E-state index in [0.717, 1.165) is 10.4 Å². The SMILES string of the molecule is CN(Cc1cccs1)C(=O)CSc1nc2ccccc2c(=O)n1Cc1ccccc1Cl. The van der Waals surface area contributed by atoms with Crippen molar-refractivity contribution in [3.8, 4) is 0 Å². The van der Waals surface area contributed by atoms with Gasteiger partial charge in [-0.3, -0.25) is 14.2 Å². The number of halogens is 1. The van der Waals surface area contributed by atoms with E-state index < -0.39 is 0 Å². The van der Waals surface area contributed by atoms with Crippen LogP contribution < -0.4 is 5.56 Å². The summed E-state index contributed by atoms with van der Waals surface area (Å²) in [6.45, 7) is 0.854. The Balaban J connectivity index is 1.62. The highest BCUT2D eigenvalue weighted by Gasteiger charge is 2.16. The van der Waals surface area contributed by atoms with Crippen molar-refractivity contribution >= 4 is 51.5 Å². The maximum atomic E-state index is 13.2. The highest BCUT2D eigenvalue weighted by atomic mass is 35.5. The zero-order valence-corrected chi connectivity index (χ0v) is 19.2. The Morgan fingerprint density at radius 1 is 1.13 bits per heavy atom. The molecule has 0 aliphatic heterocycles. The number of fused-ring (bicyclic) bond motifs is 1. The van der Waals surface area contributed by atoms with E-state index in [-0.39, 0.29) is 23.8 Å². The summed E-state index contributed by atoms with van der Waals surface area (Å²) in [5, 5.41) is 3.63. The monoisotopic (exact) mass is 469 g/mol. The van der Waals surface area contributed by atoms with Crippen molar-refractivity contribution < 1.29 is 4.79 Å². The average Bonchev–Trinajstić information content (AvgIpc) is 3.28. The Hall–Kier alpha value is -2.61. The van der Waals surface area contributed by atoms with Crippen molar-refractivity contribution in [1.82, 2.24) is 14.5 Å². The topological polar surface area (TPSA) is 55.2 Å². The van der Waals surface area contributed by atoms with E-state index in [9.17, 15) is 9.59 Å². The third-order valence-corrected chi connectivity index (χ3v) is 7.03. The predicted octanol–water partition coefficient (Wildman–Crippen LogP) is 4.91. The molecule has 4 aromatic rings. The van der Waals surface area contributed by atoms with Crippen LogP contribution in [0.1, 0.15) is 10.4 Å². The smallest absolute Gasteiger partial charge is 0.262 e. The Morgan fingerprint density at radius 3 is 2.68 bits per heavy atom. The first-order valence-corrected chi connectivity index (χ1v) is 11.9. The summed E-state index contributed by atoms with van der Waals surface area (Å²) in [4.78, 5) is 33.4. The highest BCUT2D eigenvalue weighted by molar-refractivity contribution is 7.99. The van der Waals surface area contributed by atoms with Gasteiger partial charge in [0.1, 0.15) is 0 Å². The molecule has 31 heavy (non-hydrogen) atoms. The molecule has 1 amide bonds.